The number of benzene rings is 2. The van der Waals surface area contributed by atoms with E-state index in [2.05, 4.69) is 39.5 Å². The largest absolute Gasteiger partial charge is 0.503 e. The summed E-state index contributed by atoms with van der Waals surface area (Å²) in [6.45, 7) is 13.4. The predicted octanol–water partition coefficient (Wildman–Crippen LogP) is 5.30. The molecule has 1 aliphatic heterocycles. The summed E-state index contributed by atoms with van der Waals surface area (Å²) in [7, 11) is 0. The molecule has 0 aromatic heterocycles. The van der Waals surface area contributed by atoms with Crippen molar-refractivity contribution in [1.82, 2.24) is 9.80 Å². The zero-order chi connectivity index (χ0) is 24.9. The lowest BCUT2D eigenvalue weighted by molar-refractivity contribution is -0.129. The Morgan fingerprint density at radius 1 is 1.03 bits per heavy atom. The van der Waals surface area contributed by atoms with Crippen LogP contribution in [0.2, 0.25) is 0 Å². The summed E-state index contributed by atoms with van der Waals surface area (Å²) in [5, 5.41) is 10.8. The van der Waals surface area contributed by atoms with Crippen molar-refractivity contribution in [3.8, 4) is 0 Å². The summed E-state index contributed by atoms with van der Waals surface area (Å²) in [5.41, 5.74) is 2.99. The van der Waals surface area contributed by atoms with Gasteiger partial charge in [0, 0.05) is 13.1 Å². The summed E-state index contributed by atoms with van der Waals surface area (Å²) >= 11 is 0. The van der Waals surface area contributed by atoms with E-state index in [-0.39, 0.29) is 16.8 Å². The number of aliphatic hydroxyl groups excluding tert-OH is 1. The van der Waals surface area contributed by atoms with Crippen LogP contribution in [0.25, 0.3) is 6.08 Å². The molecular formula is C29H36N2O3. The number of carbonyl (C=O) groups excluding carboxylic acids is 2. The lowest BCUT2D eigenvalue weighted by atomic mass is 9.85. The molecule has 1 unspecified atom stereocenters. The van der Waals surface area contributed by atoms with Crippen LogP contribution >= 0.6 is 0 Å². The van der Waals surface area contributed by atoms with E-state index in [1.165, 1.54) is 11.6 Å². The molecule has 1 aliphatic rings. The zero-order valence-corrected chi connectivity index (χ0v) is 20.9. The number of rotatable bonds is 9. The van der Waals surface area contributed by atoms with E-state index in [0.717, 1.165) is 24.2 Å². The van der Waals surface area contributed by atoms with Gasteiger partial charge in [0.05, 0.1) is 11.6 Å². The first kappa shape index (κ1) is 25.4. The molecule has 1 heterocycles. The van der Waals surface area contributed by atoms with Crippen molar-refractivity contribution >= 4 is 17.8 Å². The first-order valence-electron chi connectivity index (χ1n) is 12.0. The Bertz CT molecular complexity index is 1060. The van der Waals surface area contributed by atoms with Gasteiger partial charge in [0.15, 0.2) is 11.5 Å². The van der Waals surface area contributed by atoms with Gasteiger partial charge in [0.2, 0.25) is 0 Å². The molecular weight excluding hydrogens is 424 g/mol. The molecule has 0 radical (unpaired) electrons. The van der Waals surface area contributed by atoms with Crippen molar-refractivity contribution in [2.45, 2.75) is 46.1 Å². The van der Waals surface area contributed by atoms with E-state index in [1.54, 1.807) is 11.0 Å². The van der Waals surface area contributed by atoms with E-state index >= 15 is 0 Å². The molecule has 5 heteroatoms. The van der Waals surface area contributed by atoms with Gasteiger partial charge < -0.3 is 14.9 Å². The first-order chi connectivity index (χ1) is 16.2. The molecule has 180 valence electrons. The van der Waals surface area contributed by atoms with Gasteiger partial charge in [-0.25, -0.2) is 0 Å². The minimum atomic E-state index is -0.620. The Morgan fingerprint density at radius 2 is 1.65 bits per heavy atom. The van der Waals surface area contributed by atoms with Gasteiger partial charge in [0.25, 0.3) is 5.91 Å². The Kier molecular flexibility index (Phi) is 8.11. The minimum Gasteiger partial charge on any atom is -0.503 e. The first-order valence-corrected chi connectivity index (χ1v) is 12.0. The maximum absolute atomic E-state index is 13.3. The lowest BCUT2D eigenvalue weighted by Crippen LogP contribution is -2.38. The Hall–Kier alpha value is -3.18. The predicted molar refractivity (Wildman–Crippen MR) is 138 cm³/mol. The maximum atomic E-state index is 13.3. The zero-order valence-electron chi connectivity index (χ0n) is 20.9. The van der Waals surface area contributed by atoms with E-state index in [4.69, 9.17) is 0 Å². The summed E-state index contributed by atoms with van der Waals surface area (Å²) in [5.74, 6) is -1.30. The number of hydrogen-bond donors (Lipinski definition) is 1. The van der Waals surface area contributed by atoms with E-state index in [0.29, 0.717) is 13.1 Å². The highest BCUT2D eigenvalue weighted by molar-refractivity contribution is 6.14. The molecule has 2 aromatic rings. The van der Waals surface area contributed by atoms with E-state index < -0.39 is 17.7 Å². The van der Waals surface area contributed by atoms with Crippen molar-refractivity contribution < 1.29 is 14.7 Å². The number of amides is 1. The van der Waals surface area contributed by atoms with Crippen LogP contribution in [0.1, 0.15) is 57.4 Å². The highest BCUT2D eigenvalue weighted by Crippen LogP contribution is 2.38. The second kappa shape index (κ2) is 10.8. The van der Waals surface area contributed by atoms with Crippen molar-refractivity contribution in [3.63, 3.8) is 0 Å². The fourth-order valence-corrected chi connectivity index (χ4v) is 4.26. The SMILES string of the molecule is CCN(CC)CCN1C(=O)C(O)=C(C(=O)C=Cc2ccccc2)C1c1ccc(C(C)(C)C)cc1. The van der Waals surface area contributed by atoms with Crippen molar-refractivity contribution in [2.75, 3.05) is 26.2 Å². The third-order valence-electron chi connectivity index (χ3n) is 6.44. The second-order valence-corrected chi connectivity index (χ2v) is 9.67. The van der Waals surface area contributed by atoms with Crippen LogP contribution in [0.3, 0.4) is 0 Å². The monoisotopic (exact) mass is 460 g/mol. The molecule has 1 amide bonds. The normalized spacial score (nSPS) is 16.8. The molecule has 3 rings (SSSR count). The third kappa shape index (κ3) is 5.65. The molecule has 0 saturated heterocycles. The average molecular weight is 461 g/mol. The highest BCUT2D eigenvalue weighted by Gasteiger charge is 2.42. The van der Waals surface area contributed by atoms with Crippen LogP contribution in [0.15, 0.2) is 72.0 Å². The van der Waals surface area contributed by atoms with Crippen molar-refractivity contribution in [3.05, 3.63) is 88.7 Å². The number of aliphatic hydroxyl groups is 1. The number of carbonyl (C=O) groups is 2. The molecule has 0 saturated carbocycles. The summed E-state index contributed by atoms with van der Waals surface area (Å²) < 4.78 is 0. The summed E-state index contributed by atoms with van der Waals surface area (Å²) in [6.07, 6.45) is 3.16. The van der Waals surface area contributed by atoms with Crippen molar-refractivity contribution in [2.24, 2.45) is 0 Å². The molecule has 34 heavy (non-hydrogen) atoms. The Labute approximate surface area is 203 Å². The Morgan fingerprint density at radius 3 is 2.21 bits per heavy atom. The standard InChI is InChI=1S/C29H36N2O3/c1-6-30(7-2)19-20-31-26(22-14-16-23(17-15-22)29(3,4)5)25(27(33)28(31)34)24(32)18-13-21-11-9-8-10-12-21/h8-18,26,33H,6-7,19-20H2,1-5H3. The van der Waals surface area contributed by atoms with E-state index in [9.17, 15) is 14.7 Å². The van der Waals surface area contributed by atoms with Crippen molar-refractivity contribution in [1.29, 1.82) is 0 Å². The molecule has 0 fully saturated rings. The number of likely N-dealkylation sites (N-methyl/N-ethyl adjacent to an activating group) is 1. The van der Waals surface area contributed by atoms with Crippen LogP contribution in [-0.4, -0.2) is 52.8 Å². The van der Waals surface area contributed by atoms with E-state index in [1.807, 2.05) is 54.6 Å². The van der Waals surface area contributed by atoms with Crippen LogP contribution in [-0.2, 0) is 15.0 Å². The number of hydrogen-bond acceptors (Lipinski definition) is 4. The van der Waals surface area contributed by atoms with Gasteiger partial charge in [-0.15, -0.1) is 0 Å². The molecule has 0 aliphatic carbocycles. The lowest BCUT2D eigenvalue weighted by Gasteiger charge is -2.29. The molecule has 5 nitrogen and oxygen atoms in total. The van der Waals surface area contributed by atoms with Gasteiger partial charge in [-0.2, -0.15) is 0 Å². The quantitative estimate of drug-likeness (QED) is 0.516. The van der Waals surface area contributed by atoms with Gasteiger partial charge in [-0.05, 0) is 41.3 Å². The molecule has 0 bridgehead atoms. The smallest absolute Gasteiger partial charge is 0.290 e. The van der Waals surface area contributed by atoms with Crippen LogP contribution in [0.5, 0.6) is 0 Å². The summed E-state index contributed by atoms with van der Waals surface area (Å²) in [4.78, 5) is 30.3. The number of allylic oxidation sites excluding steroid dienone is 1. The molecule has 1 atom stereocenters. The minimum absolute atomic E-state index is 0.0124. The van der Waals surface area contributed by atoms with Gasteiger partial charge in [-0.3, -0.25) is 9.59 Å². The second-order valence-electron chi connectivity index (χ2n) is 9.67. The van der Waals surface area contributed by atoms with Gasteiger partial charge in [-0.1, -0.05) is 95.3 Å². The van der Waals surface area contributed by atoms with Crippen LogP contribution < -0.4 is 0 Å². The third-order valence-corrected chi connectivity index (χ3v) is 6.44. The highest BCUT2D eigenvalue weighted by atomic mass is 16.3. The summed E-state index contributed by atoms with van der Waals surface area (Å²) in [6, 6.07) is 16.9. The van der Waals surface area contributed by atoms with Gasteiger partial charge >= 0.3 is 0 Å². The van der Waals surface area contributed by atoms with Crippen LogP contribution in [0.4, 0.5) is 0 Å². The average Bonchev–Trinajstić information content (AvgIpc) is 3.08. The van der Waals surface area contributed by atoms with Crippen LogP contribution in [0, 0.1) is 0 Å². The topological polar surface area (TPSA) is 60.9 Å². The number of nitrogens with zero attached hydrogens (tertiary/aromatic N) is 2. The fourth-order valence-electron chi connectivity index (χ4n) is 4.26. The molecule has 1 N–H and O–H groups in total. The maximum Gasteiger partial charge on any atom is 0.290 e. The molecule has 0 spiro atoms. The Balaban J connectivity index is 1.98. The fraction of sp³-hybridized carbons (Fsp3) is 0.379. The molecule has 2 aromatic carbocycles. The number of ketones is 1. The van der Waals surface area contributed by atoms with Gasteiger partial charge in [0.1, 0.15) is 0 Å².